The van der Waals surface area contributed by atoms with Gasteiger partial charge in [0.2, 0.25) is 0 Å². The molecule has 0 aromatic carbocycles. The van der Waals surface area contributed by atoms with Gasteiger partial charge in [0.15, 0.2) is 0 Å². The summed E-state index contributed by atoms with van der Waals surface area (Å²) in [6.07, 6.45) is 0.827. The number of carbonyl (C=O) groups is 1. The van der Waals surface area contributed by atoms with Crippen LogP contribution in [-0.4, -0.2) is 33.5 Å². The van der Waals surface area contributed by atoms with E-state index in [9.17, 15) is 4.79 Å². The standard InChI is InChI=1S/C10H20O3Si/c1-5-14(3,4)10-8(6-7-13-10)9(11)12-2/h8,10H,5-7H2,1-4H3/t8-,10+/m0/s1. The SMILES string of the molecule is CC[Si](C)(C)[C@H]1OCC[C@H]1C(=O)OC. The summed E-state index contributed by atoms with van der Waals surface area (Å²) in [7, 11) is 0.0472. The zero-order chi connectivity index (χ0) is 10.8. The first-order chi connectivity index (χ1) is 6.53. The molecule has 0 bridgehead atoms. The quantitative estimate of drug-likeness (QED) is 0.533. The first-order valence-electron chi connectivity index (χ1n) is 5.22. The van der Waals surface area contributed by atoms with Crippen molar-refractivity contribution in [2.24, 2.45) is 5.92 Å². The van der Waals surface area contributed by atoms with Crippen molar-refractivity contribution >= 4 is 14.0 Å². The van der Waals surface area contributed by atoms with Crippen LogP contribution in [0.5, 0.6) is 0 Å². The molecule has 0 spiro atoms. The summed E-state index contributed by atoms with van der Waals surface area (Å²) in [4.78, 5) is 11.5. The van der Waals surface area contributed by atoms with Crippen molar-refractivity contribution in [3.8, 4) is 0 Å². The van der Waals surface area contributed by atoms with Gasteiger partial charge in [-0.25, -0.2) is 0 Å². The summed E-state index contributed by atoms with van der Waals surface area (Å²) in [5, 5.41) is 0. The highest BCUT2D eigenvalue weighted by molar-refractivity contribution is 6.78. The molecule has 1 rings (SSSR count). The van der Waals surface area contributed by atoms with Crippen LogP contribution in [0.1, 0.15) is 13.3 Å². The summed E-state index contributed by atoms with van der Waals surface area (Å²) >= 11 is 0. The van der Waals surface area contributed by atoms with E-state index in [1.165, 1.54) is 7.11 Å². The second-order valence-corrected chi connectivity index (χ2v) is 9.81. The molecule has 0 saturated carbocycles. The Morgan fingerprint density at radius 3 is 2.71 bits per heavy atom. The van der Waals surface area contributed by atoms with Gasteiger partial charge in [0.1, 0.15) is 0 Å². The summed E-state index contributed by atoms with van der Waals surface area (Å²) in [5.41, 5.74) is 0.153. The van der Waals surface area contributed by atoms with Gasteiger partial charge in [-0.3, -0.25) is 4.79 Å². The van der Waals surface area contributed by atoms with E-state index in [0.29, 0.717) is 6.61 Å². The number of carbonyl (C=O) groups excluding carboxylic acids is 1. The smallest absolute Gasteiger partial charge is 0.311 e. The van der Waals surface area contributed by atoms with Crippen molar-refractivity contribution in [1.82, 2.24) is 0 Å². The second-order valence-electron chi connectivity index (χ2n) is 4.55. The number of hydrogen-bond donors (Lipinski definition) is 0. The molecule has 0 unspecified atom stereocenters. The number of ether oxygens (including phenoxy) is 2. The fraction of sp³-hybridized carbons (Fsp3) is 0.900. The van der Waals surface area contributed by atoms with Crippen LogP contribution in [-0.2, 0) is 14.3 Å². The minimum absolute atomic E-state index is 0.0124. The van der Waals surface area contributed by atoms with Gasteiger partial charge in [-0.1, -0.05) is 26.1 Å². The van der Waals surface area contributed by atoms with Crippen LogP contribution in [0.2, 0.25) is 19.1 Å². The molecule has 1 saturated heterocycles. The monoisotopic (exact) mass is 216 g/mol. The summed E-state index contributed by atoms with van der Waals surface area (Å²) in [6, 6.07) is 1.14. The van der Waals surface area contributed by atoms with Crippen LogP contribution in [0.3, 0.4) is 0 Å². The minimum atomic E-state index is -1.41. The average Bonchev–Trinajstić information content (AvgIpc) is 2.65. The molecule has 0 N–H and O–H groups in total. The van der Waals surface area contributed by atoms with E-state index < -0.39 is 8.07 Å². The third-order valence-electron chi connectivity index (χ3n) is 3.28. The van der Waals surface area contributed by atoms with Gasteiger partial charge >= 0.3 is 5.97 Å². The highest BCUT2D eigenvalue weighted by Gasteiger charge is 2.44. The largest absolute Gasteiger partial charge is 0.469 e. The van der Waals surface area contributed by atoms with Gasteiger partial charge in [-0.2, -0.15) is 0 Å². The van der Waals surface area contributed by atoms with Crippen LogP contribution in [0.4, 0.5) is 0 Å². The topological polar surface area (TPSA) is 35.5 Å². The molecule has 1 aliphatic rings. The van der Waals surface area contributed by atoms with E-state index >= 15 is 0 Å². The molecule has 1 fully saturated rings. The third-order valence-corrected chi connectivity index (χ3v) is 7.21. The molecule has 0 aromatic rings. The van der Waals surface area contributed by atoms with Gasteiger partial charge in [0, 0.05) is 6.61 Å². The molecule has 0 amide bonds. The van der Waals surface area contributed by atoms with E-state index in [1.54, 1.807) is 0 Å². The van der Waals surface area contributed by atoms with Crippen molar-refractivity contribution < 1.29 is 14.3 Å². The fourth-order valence-electron chi connectivity index (χ4n) is 1.95. The third kappa shape index (κ3) is 2.17. The van der Waals surface area contributed by atoms with Crippen LogP contribution in [0.15, 0.2) is 0 Å². The van der Waals surface area contributed by atoms with Crippen LogP contribution in [0, 0.1) is 5.92 Å². The van der Waals surface area contributed by atoms with Gasteiger partial charge in [0.05, 0.1) is 26.8 Å². The van der Waals surface area contributed by atoms with Gasteiger partial charge in [0.25, 0.3) is 0 Å². The molecular formula is C10H20O3Si. The molecule has 4 heteroatoms. The van der Waals surface area contributed by atoms with Crippen molar-refractivity contribution in [3.63, 3.8) is 0 Å². The zero-order valence-corrected chi connectivity index (χ0v) is 10.5. The zero-order valence-electron chi connectivity index (χ0n) is 9.50. The lowest BCUT2D eigenvalue weighted by Gasteiger charge is -2.30. The van der Waals surface area contributed by atoms with E-state index in [2.05, 4.69) is 20.0 Å². The maximum Gasteiger partial charge on any atom is 0.311 e. The summed E-state index contributed by atoms with van der Waals surface area (Å²) in [5.74, 6) is -0.108. The Morgan fingerprint density at radius 1 is 1.57 bits per heavy atom. The van der Waals surface area contributed by atoms with Crippen molar-refractivity contribution in [2.75, 3.05) is 13.7 Å². The van der Waals surface area contributed by atoms with Crippen LogP contribution < -0.4 is 0 Å². The Kier molecular flexibility index (Phi) is 3.72. The first-order valence-corrected chi connectivity index (χ1v) is 8.50. The lowest BCUT2D eigenvalue weighted by molar-refractivity contribution is -0.146. The molecule has 82 valence electrons. The molecule has 1 heterocycles. The molecule has 0 aromatic heterocycles. The van der Waals surface area contributed by atoms with E-state index in [4.69, 9.17) is 9.47 Å². The number of esters is 1. The molecule has 0 radical (unpaired) electrons. The van der Waals surface area contributed by atoms with Gasteiger partial charge in [-0.05, 0) is 6.42 Å². The number of rotatable bonds is 3. The lowest BCUT2D eigenvalue weighted by Crippen LogP contribution is -2.46. The Labute approximate surface area is 86.8 Å². The van der Waals surface area contributed by atoms with Crippen molar-refractivity contribution in [3.05, 3.63) is 0 Å². The predicted octanol–water partition coefficient (Wildman–Crippen LogP) is 1.83. The highest BCUT2D eigenvalue weighted by atomic mass is 28.3. The van der Waals surface area contributed by atoms with Crippen molar-refractivity contribution in [1.29, 1.82) is 0 Å². The Morgan fingerprint density at radius 2 is 2.21 bits per heavy atom. The fourth-order valence-corrected chi connectivity index (χ4v) is 4.32. The Balaban J connectivity index is 2.73. The predicted molar refractivity (Wildman–Crippen MR) is 57.8 cm³/mol. The molecule has 0 aliphatic carbocycles. The summed E-state index contributed by atoms with van der Waals surface area (Å²) in [6.45, 7) is 7.45. The Hall–Kier alpha value is -0.353. The molecular weight excluding hydrogens is 196 g/mol. The normalized spacial score (nSPS) is 27.7. The molecule has 1 aliphatic heterocycles. The molecule has 14 heavy (non-hydrogen) atoms. The lowest BCUT2D eigenvalue weighted by atomic mass is 10.1. The first kappa shape index (κ1) is 11.7. The summed E-state index contributed by atoms with van der Waals surface area (Å²) < 4.78 is 10.5. The van der Waals surface area contributed by atoms with E-state index in [1.807, 2.05) is 0 Å². The van der Waals surface area contributed by atoms with Crippen LogP contribution in [0.25, 0.3) is 0 Å². The Bertz CT molecular complexity index is 215. The number of methoxy groups -OCH3 is 1. The molecule has 2 atom stereocenters. The highest BCUT2D eigenvalue weighted by Crippen LogP contribution is 2.31. The molecule has 3 nitrogen and oxygen atoms in total. The number of hydrogen-bond acceptors (Lipinski definition) is 3. The minimum Gasteiger partial charge on any atom is -0.469 e. The van der Waals surface area contributed by atoms with Gasteiger partial charge < -0.3 is 9.47 Å². The maximum atomic E-state index is 11.5. The van der Waals surface area contributed by atoms with Crippen LogP contribution >= 0.6 is 0 Å². The van der Waals surface area contributed by atoms with Crippen molar-refractivity contribution in [2.45, 2.75) is 38.2 Å². The van der Waals surface area contributed by atoms with E-state index in [0.717, 1.165) is 12.5 Å². The second kappa shape index (κ2) is 4.44. The van der Waals surface area contributed by atoms with Gasteiger partial charge in [-0.15, -0.1) is 0 Å². The maximum absolute atomic E-state index is 11.5. The average molecular weight is 216 g/mol. The van der Waals surface area contributed by atoms with E-state index in [-0.39, 0.29) is 17.6 Å².